The van der Waals surface area contributed by atoms with Crippen molar-refractivity contribution in [2.24, 2.45) is 0 Å². The summed E-state index contributed by atoms with van der Waals surface area (Å²) in [5.74, 6) is 0.999. The van der Waals surface area contributed by atoms with E-state index >= 15 is 0 Å². The molecule has 0 spiro atoms. The van der Waals surface area contributed by atoms with Crippen LogP contribution in [0.5, 0.6) is 5.75 Å². The first-order valence-corrected chi connectivity index (χ1v) is 10.9. The van der Waals surface area contributed by atoms with Crippen LogP contribution in [0.3, 0.4) is 0 Å². The fourth-order valence-electron chi connectivity index (χ4n) is 3.50. The normalized spacial score (nSPS) is 10.6. The molecule has 3 rings (SSSR count). The third-order valence-corrected chi connectivity index (χ3v) is 5.40. The van der Waals surface area contributed by atoms with Crippen LogP contribution in [-0.2, 0) is 4.79 Å². The Morgan fingerprint density at radius 2 is 1.79 bits per heavy atom. The highest BCUT2D eigenvalue weighted by Crippen LogP contribution is 2.29. The zero-order chi connectivity index (χ0) is 23.6. The number of hydrogen-bond acceptors (Lipinski definition) is 7. The number of hydroxylamine groups is 1. The predicted octanol–water partition coefficient (Wildman–Crippen LogP) is 3.59. The minimum atomic E-state index is -0.373. The maximum Gasteiger partial charge on any atom is 0.251 e. The lowest BCUT2D eigenvalue weighted by atomic mass is 10.1. The quantitative estimate of drug-likeness (QED) is 0.232. The van der Waals surface area contributed by atoms with Crippen molar-refractivity contribution >= 4 is 34.2 Å². The predicted molar refractivity (Wildman–Crippen MR) is 126 cm³/mol. The maximum absolute atomic E-state index is 12.5. The maximum atomic E-state index is 12.5. The van der Waals surface area contributed by atoms with Gasteiger partial charge in [0.1, 0.15) is 17.9 Å². The van der Waals surface area contributed by atoms with E-state index < -0.39 is 0 Å². The minimum Gasteiger partial charge on any atom is -0.497 e. The summed E-state index contributed by atoms with van der Waals surface area (Å²) in [5, 5.41) is 12.2. The molecule has 0 unspecified atom stereocenters. The van der Waals surface area contributed by atoms with Gasteiger partial charge in [0.2, 0.25) is 5.91 Å². The molecule has 3 N–H and O–H groups in total. The molecule has 0 saturated heterocycles. The van der Waals surface area contributed by atoms with E-state index in [2.05, 4.69) is 15.3 Å². The Balaban J connectivity index is 1.59. The molecule has 0 aliphatic rings. The molecule has 9 heteroatoms. The van der Waals surface area contributed by atoms with Crippen LogP contribution in [0.1, 0.15) is 42.5 Å². The number of benzene rings is 2. The number of nitrogens with zero attached hydrogens (tertiary/aromatic N) is 3. The van der Waals surface area contributed by atoms with Crippen LogP contribution in [0.2, 0.25) is 0 Å². The van der Waals surface area contributed by atoms with E-state index in [1.54, 1.807) is 24.7 Å². The molecule has 0 saturated carbocycles. The molecule has 2 amide bonds. The number of anilines is 2. The third kappa shape index (κ3) is 6.39. The molecule has 0 radical (unpaired) electrons. The van der Waals surface area contributed by atoms with Gasteiger partial charge in [-0.05, 0) is 55.3 Å². The highest BCUT2D eigenvalue weighted by atomic mass is 16.5. The van der Waals surface area contributed by atoms with E-state index in [1.165, 1.54) is 6.33 Å². The molecule has 0 aliphatic heterocycles. The molecule has 1 heterocycles. The summed E-state index contributed by atoms with van der Waals surface area (Å²) in [4.78, 5) is 34.3. The number of carbonyl (C=O) groups excluding carboxylic acids is 2. The first-order valence-electron chi connectivity index (χ1n) is 10.9. The Bertz CT molecular complexity index is 1090. The minimum absolute atomic E-state index is 0.153. The number of hydrogen-bond donors (Lipinski definition) is 3. The fourth-order valence-corrected chi connectivity index (χ4v) is 3.50. The first-order chi connectivity index (χ1) is 16.0. The molecule has 174 valence electrons. The zero-order valence-corrected chi connectivity index (χ0v) is 18.9. The monoisotopic (exact) mass is 451 g/mol. The Labute approximate surface area is 192 Å². The van der Waals surface area contributed by atoms with Crippen LogP contribution in [0.25, 0.3) is 10.9 Å². The number of unbranched alkanes of at least 4 members (excludes halogenated alkanes) is 3. The van der Waals surface area contributed by atoms with Crippen LogP contribution >= 0.6 is 0 Å². The van der Waals surface area contributed by atoms with Crippen LogP contribution in [0.4, 0.5) is 11.5 Å². The number of ether oxygens (including phenoxy) is 1. The molecule has 0 aliphatic carbocycles. The molecule has 0 bridgehead atoms. The van der Waals surface area contributed by atoms with E-state index in [1.807, 2.05) is 42.3 Å². The second kappa shape index (κ2) is 11.8. The first kappa shape index (κ1) is 23.9. The van der Waals surface area contributed by atoms with Gasteiger partial charge in [-0.15, -0.1) is 0 Å². The van der Waals surface area contributed by atoms with Gasteiger partial charge in [0, 0.05) is 36.7 Å². The number of carbonyl (C=O) groups is 2. The lowest BCUT2D eigenvalue weighted by Crippen LogP contribution is -2.24. The summed E-state index contributed by atoms with van der Waals surface area (Å²) < 4.78 is 5.22. The molecule has 33 heavy (non-hydrogen) atoms. The number of fused-ring (bicyclic) bond motifs is 1. The van der Waals surface area contributed by atoms with Gasteiger partial charge >= 0.3 is 0 Å². The largest absolute Gasteiger partial charge is 0.497 e. The lowest BCUT2D eigenvalue weighted by Gasteiger charge is -2.20. The van der Waals surface area contributed by atoms with Gasteiger partial charge in [-0.2, -0.15) is 0 Å². The van der Waals surface area contributed by atoms with E-state index in [-0.39, 0.29) is 11.8 Å². The molecular formula is C24H29N5O4. The molecule has 0 atom stereocenters. The van der Waals surface area contributed by atoms with Crippen LogP contribution < -0.4 is 20.4 Å². The van der Waals surface area contributed by atoms with Crippen molar-refractivity contribution in [2.75, 3.05) is 25.6 Å². The van der Waals surface area contributed by atoms with Crippen LogP contribution in [0, 0.1) is 0 Å². The Morgan fingerprint density at radius 1 is 1.03 bits per heavy atom. The van der Waals surface area contributed by atoms with E-state index in [0.717, 1.165) is 41.9 Å². The van der Waals surface area contributed by atoms with Crippen LogP contribution in [0.15, 0.2) is 48.8 Å². The van der Waals surface area contributed by atoms with Gasteiger partial charge in [-0.25, -0.2) is 15.4 Å². The van der Waals surface area contributed by atoms with Gasteiger partial charge in [0.15, 0.2) is 0 Å². The number of amides is 2. The zero-order valence-electron chi connectivity index (χ0n) is 18.9. The van der Waals surface area contributed by atoms with Crippen molar-refractivity contribution in [1.82, 2.24) is 20.8 Å². The number of nitrogens with one attached hydrogen (secondary N) is 2. The van der Waals surface area contributed by atoms with Crippen molar-refractivity contribution in [3.05, 3.63) is 54.4 Å². The van der Waals surface area contributed by atoms with E-state index in [4.69, 9.17) is 9.94 Å². The molecule has 3 aromatic rings. The van der Waals surface area contributed by atoms with Gasteiger partial charge < -0.3 is 15.0 Å². The second-order valence-electron chi connectivity index (χ2n) is 7.64. The van der Waals surface area contributed by atoms with Crippen molar-refractivity contribution in [2.45, 2.75) is 32.1 Å². The van der Waals surface area contributed by atoms with E-state index in [0.29, 0.717) is 30.5 Å². The fraction of sp³-hybridized carbons (Fsp3) is 0.333. The average molecular weight is 452 g/mol. The number of rotatable bonds is 11. The SMILES string of the molecule is COc1ccc(N(C)c2ncnc3cc(C(=O)NCCCCCCC(=O)NO)ccc23)cc1. The molecule has 2 aromatic carbocycles. The number of aromatic nitrogens is 2. The Kier molecular flexibility index (Phi) is 8.54. The van der Waals surface area contributed by atoms with Gasteiger partial charge in [-0.1, -0.05) is 12.8 Å². The summed E-state index contributed by atoms with van der Waals surface area (Å²) in [7, 11) is 3.56. The third-order valence-electron chi connectivity index (χ3n) is 5.40. The van der Waals surface area contributed by atoms with Gasteiger partial charge in [0.25, 0.3) is 5.91 Å². The smallest absolute Gasteiger partial charge is 0.251 e. The molecule has 0 fully saturated rings. The molecular weight excluding hydrogens is 422 g/mol. The Morgan fingerprint density at radius 3 is 2.52 bits per heavy atom. The standard InChI is InChI=1S/C24H29N5O4/c1-29(18-9-11-19(33-2)12-10-18)23-20-13-8-17(15-21(20)26-16-27-23)24(31)25-14-6-4-3-5-7-22(30)28-32/h8-13,15-16,32H,3-7,14H2,1-2H3,(H,25,31)(H,28,30). The van der Waals surface area contributed by atoms with Crippen molar-refractivity contribution in [1.29, 1.82) is 0 Å². The highest BCUT2D eigenvalue weighted by Gasteiger charge is 2.13. The van der Waals surface area contributed by atoms with E-state index in [9.17, 15) is 9.59 Å². The summed E-state index contributed by atoms with van der Waals surface area (Å²) in [5.41, 5.74) is 3.81. The summed E-state index contributed by atoms with van der Waals surface area (Å²) in [6, 6.07) is 13.1. The van der Waals surface area contributed by atoms with Gasteiger partial charge in [0.05, 0.1) is 12.6 Å². The Hall–Kier alpha value is -3.72. The summed E-state index contributed by atoms with van der Waals surface area (Å²) in [6.45, 7) is 0.554. The summed E-state index contributed by atoms with van der Waals surface area (Å²) in [6.07, 6.45) is 5.08. The second-order valence-corrected chi connectivity index (χ2v) is 7.64. The lowest BCUT2D eigenvalue weighted by molar-refractivity contribution is -0.129. The highest BCUT2D eigenvalue weighted by molar-refractivity contribution is 6.00. The van der Waals surface area contributed by atoms with Gasteiger partial charge in [-0.3, -0.25) is 14.8 Å². The molecule has 9 nitrogen and oxygen atoms in total. The average Bonchev–Trinajstić information content (AvgIpc) is 2.86. The summed E-state index contributed by atoms with van der Waals surface area (Å²) >= 11 is 0. The number of methoxy groups -OCH3 is 1. The topological polar surface area (TPSA) is 117 Å². The van der Waals surface area contributed by atoms with Crippen molar-refractivity contribution in [3.8, 4) is 5.75 Å². The molecule has 1 aromatic heterocycles. The van der Waals surface area contributed by atoms with Crippen molar-refractivity contribution < 1.29 is 19.5 Å². The van der Waals surface area contributed by atoms with Crippen LogP contribution in [-0.4, -0.2) is 47.7 Å². The van der Waals surface area contributed by atoms with Crippen molar-refractivity contribution in [3.63, 3.8) is 0 Å².